The molecule has 0 spiro atoms. The maximum absolute atomic E-state index is 5.87. The van der Waals surface area contributed by atoms with Gasteiger partial charge >= 0.3 is 0 Å². The third-order valence-corrected chi connectivity index (χ3v) is 4.16. The molecule has 0 aromatic carbocycles. The Balaban J connectivity index is 2.29. The lowest BCUT2D eigenvalue weighted by Crippen LogP contribution is -2.34. The zero-order chi connectivity index (χ0) is 11.8. The molecule has 0 unspecified atom stereocenters. The van der Waals surface area contributed by atoms with Crippen LogP contribution >= 0.6 is 0 Å². The van der Waals surface area contributed by atoms with Gasteiger partial charge in [-0.25, -0.2) is 0 Å². The lowest BCUT2D eigenvalue weighted by molar-refractivity contribution is 0.265. The number of rotatable bonds is 5. The van der Waals surface area contributed by atoms with Gasteiger partial charge in [-0.15, -0.1) is 0 Å². The summed E-state index contributed by atoms with van der Waals surface area (Å²) >= 11 is 0. The Bertz CT molecular complexity index is 356. The predicted octanol–water partition coefficient (Wildman–Crippen LogP) is 2.14. The summed E-state index contributed by atoms with van der Waals surface area (Å²) in [5, 5.41) is 4.12. The summed E-state index contributed by atoms with van der Waals surface area (Å²) in [7, 11) is 0. The second-order valence-electron chi connectivity index (χ2n) is 5.18. The van der Waals surface area contributed by atoms with Crippen molar-refractivity contribution in [3.63, 3.8) is 0 Å². The van der Waals surface area contributed by atoms with Gasteiger partial charge in [-0.05, 0) is 25.7 Å². The van der Waals surface area contributed by atoms with E-state index in [0.717, 1.165) is 24.6 Å². The van der Waals surface area contributed by atoms with E-state index in [1.54, 1.807) is 0 Å². The van der Waals surface area contributed by atoms with Crippen LogP contribution in [0, 0.1) is 0 Å². The van der Waals surface area contributed by atoms with E-state index < -0.39 is 0 Å². The van der Waals surface area contributed by atoms with Crippen molar-refractivity contribution < 1.29 is 4.52 Å². The highest BCUT2D eigenvalue weighted by Gasteiger charge is 2.45. The Morgan fingerprint density at radius 3 is 2.44 bits per heavy atom. The van der Waals surface area contributed by atoms with Crippen LogP contribution in [-0.2, 0) is 10.8 Å². The van der Waals surface area contributed by atoms with Crippen molar-refractivity contribution in [3.8, 4) is 0 Å². The van der Waals surface area contributed by atoms with E-state index in [1.165, 1.54) is 12.8 Å². The molecule has 0 radical (unpaired) electrons. The van der Waals surface area contributed by atoms with Crippen molar-refractivity contribution in [1.82, 2.24) is 10.1 Å². The molecule has 1 aliphatic rings. The third kappa shape index (κ3) is 1.65. The lowest BCUT2D eigenvalue weighted by Gasteiger charge is -2.25. The molecule has 1 saturated carbocycles. The SMILES string of the molecule is CCC(CC)(CN)c1nc(C2(C)CC2)no1. The molecule has 0 atom stereocenters. The summed E-state index contributed by atoms with van der Waals surface area (Å²) in [4.78, 5) is 4.57. The van der Waals surface area contributed by atoms with Crippen LogP contribution in [0.3, 0.4) is 0 Å². The molecule has 1 fully saturated rings. The van der Waals surface area contributed by atoms with E-state index >= 15 is 0 Å². The van der Waals surface area contributed by atoms with Crippen molar-refractivity contribution in [2.24, 2.45) is 5.73 Å². The standard InChI is InChI=1S/C12H21N3O/c1-4-12(5-2,8-13)10-14-9(15-16-10)11(3)6-7-11/h4-8,13H2,1-3H3. The Kier molecular flexibility index (Phi) is 2.78. The van der Waals surface area contributed by atoms with Gasteiger partial charge in [-0.1, -0.05) is 25.9 Å². The summed E-state index contributed by atoms with van der Waals surface area (Å²) in [6, 6.07) is 0. The smallest absolute Gasteiger partial charge is 0.234 e. The van der Waals surface area contributed by atoms with Crippen LogP contribution in [0.5, 0.6) is 0 Å². The van der Waals surface area contributed by atoms with Gasteiger partial charge in [0.1, 0.15) is 0 Å². The number of hydrogen-bond acceptors (Lipinski definition) is 4. The molecule has 1 aromatic rings. The van der Waals surface area contributed by atoms with E-state index in [0.29, 0.717) is 6.54 Å². The molecule has 2 N–H and O–H groups in total. The van der Waals surface area contributed by atoms with Crippen LogP contribution in [0.4, 0.5) is 0 Å². The van der Waals surface area contributed by atoms with Crippen molar-refractivity contribution in [3.05, 3.63) is 11.7 Å². The van der Waals surface area contributed by atoms with Crippen LogP contribution in [0.1, 0.15) is 58.2 Å². The van der Waals surface area contributed by atoms with E-state index in [4.69, 9.17) is 10.3 Å². The highest BCUT2D eigenvalue weighted by atomic mass is 16.5. The van der Waals surface area contributed by atoms with Gasteiger partial charge in [0.05, 0.1) is 5.41 Å². The van der Waals surface area contributed by atoms with Crippen molar-refractivity contribution in [1.29, 1.82) is 0 Å². The van der Waals surface area contributed by atoms with Crippen LogP contribution in [-0.4, -0.2) is 16.7 Å². The topological polar surface area (TPSA) is 64.9 Å². The Labute approximate surface area is 96.6 Å². The molecule has 4 nitrogen and oxygen atoms in total. The molecule has 1 aromatic heterocycles. The third-order valence-electron chi connectivity index (χ3n) is 4.16. The van der Waals surface area contributed by atoms with Crippen LogP contribution < -0.4 is 5.73 Å². The number of nitrogens with zero attached hydrogens (tertiary/aromatic N) is 2. The number of nitrogens with two attached hydrogens (primary N) is 1. The molecule has 0 amide bonds. The largest absolute Gasteiger partial charge is 0.339 e. The fourth-order valence-electron chi connectivity index (χ4n) is 2.02. The first-order valence-electron chi connectivity index (χ1n) is 6.15. The number of aromatic nitrogens is 2. The summed E-state index contributed by atoms with van der Waals surface area (Å²) < 4.78 is 5.43. The molecule has 1 aliphatic carbocycles. The monoisotopic (exact) mass is 223 g/mol. The van der Waals surface area contributed by atoms with Gasteiger partial charge in [-0.3, -0.25) is 0 Å². The Hall–Kier alpha value is -0.900. The highest BCUT2D eigenvalue weighted by molar-refractivity contribution is 5.16. The molecule has 1 heterocycles. The van der Waals surface area contributed by atoms with Crippen molar-refractivity contribution >= 4 is 0 Å². The maximum atomic E-state index is 5.87. The van der Waals surface area contributed by atoms with E-state index in [9.17, 15) is 0 Å². The molecule has 0 bridgehead atoms. The van der Waals surface area contributed by atoms with Crippen molar-refractivity contribution in [2.45, 2.75) is 57.3 Å². The molecule has 0 saturated heterocycles. The Morgan fingerprint density at radius 1 is 1.38 bits per heavy atom. The van der Waals surface area contributed by atoms with Crippen molar-refractivity contribution in [2.75, 3.05) is 6.54 Å². The predicted molar refractivity (Wildman–Crippen MR) is 62.2 cm³/mol. The molecular weight excluding hydrogens is 202 g/mol. The summed E-state index contributed by atoms with van der Waals surface area (Å²) in [5.41, 5.74) is 5.91. The minimum Gasteiger partial charge on any atom is -0.339 e. The highest BCUT2D eigenvalue weighted by Crippen LogP contribution is 2.46. The first-order valence-corrected chi connectivity index (χ1v) is 6.15. The molecule has 0 aliphatic heterocycles. The summed E-state index contributed by atoms with van der Waals surface area (Å²) in [6.45, 7) is 7.00. The lowest BCUT2D eigenvalue weighted by atomic mass is 9.82. The molecule has 4 heteroatoms. The van der Waals surface area contributed by atoms with Gasteiger partial charge < -0.3 is 10.3 Å². The van der Waals surface area contributed by atoms with Crippen LogP contribution in [0.25, 0.3) is 0 Å². The normalized spacial score (nSPS) is 18.8. The summed E-state index contributed by atoms with van der Waals surface area (Å²) in [6.07, 6.45) is 4.22. The van der Waals surface area contributed by atoms with E-state index in [1.807, 2.05) is 0 Å². The van der Waals surface area contributed by atoms with Crippen LogP contribution in [0.2, 0.25) is 0 Å². The van der Waals surface area contributed by atoms with E-state index in [-0.39, 0.29) is 10.8 Å². The van der Waals surface area contributed by atoms with Crippen LogP contribution in [0.15, 0.2) is 4.52 Å². The first kappa shape index (κ1) is 11.6. The fraction of sp³-hybridized carbons (Fsp3) is 0.833. The van der Waals surface area contributed by atoms with Gasteiger partial charge in [0, 0.05) is 12.0 Å². The minimum absolute atomic E-state index is 0.128. The molecule has 2 rings (SSSR count). The maximum Gasteiger partial charge on any atom is 0.234 e. The summed E-state index contributed by atoms with van der Waals surface area (Å²) in [5.74, 6) is 1.59. The second-order valence-corrected chi connectivity index (χ2v) is 5.18. The zero-order valence-electron chi connectivity index (χ0n) is 10.4. The quantitative estimate of drug-likeness (QED) is 0.830. The molecule has 90 valence electrons. The molecule has 16 heavy (non-hydrogen) atoms. The van der Waals surface area contributed by atoms with Gasteiger partial charge in [0.15, 0.2) is 5.82 Å². The van der Waals surface area contributed by atoms with Gasteiger partial charge in [0.25, 0.3) is 0 Å². The first-order chi connectivity index (χ1) is 7.60. The minimum atomic E-state index is -0.128. The Morgan fingerprint density at radius 2 is 2.00 bits per heavy atom. The number of hydrogen-bond donors (Lipinski definition) is 1. The average Bonchev–Trinajstić information content (AvgIpc) is 2.86. The fourth-order valence-corrected chi connectivity index (χ4v) is 2.02. The van der Waals surface area contributed by atoms with Gasteiger partial charge in [-0.2, -0.15) is 4.98 Å². The van der Waals surface area contributed by atoms with Gasteiger partial charge in [0.2, 0.25) is 5.89 Å². The molecular formula is C12H21N3O. The van der Waals surface area contributed by atoms with E-state index in [2.05, 4.69) is 30.9 Å². The second kappa shape index (κ2) is 3.84. The zero-order valence-corrected chi connectivity index (χ0v) is 10.4. The average molecular weight is 223 g/mol.